The third-order valence-corrected chi connectivity index (χ3v) is 5.22. The van der Waals surface area contributed by atoms with Crippen molar-refractivity contribution in [1.82, 2.24) is 14.6 Å². The summed E-state index contributed by atoms with van der Waals surface area (Å²) >= 11 is 13.4. The highest BCUT2D eigenvalue weighted by Crippen LogP contribution is 2.26. The van der Waals surface area contributed by atoms with Crippen molar-refractivity contribution in [3.8, 4) is 0 Å². The zero-order valence-corrected chi connectivity index (χ0v) is 15.6. The van der Waals surface area contributed by atoms with Crippen LogP contribution in [-0.4, -0.2) is 26.3 Å². The summed E-state index contributed by atoms with van der Waals surface area (Å²) in [5, 5.41) is 14.6. The Labute approximate surface area is 163 Å². The van der Waals surface area contributed by atoms with Gasteiger partial charge >= 0.3 is 0 Å². The number of anilines is 1. The Kier molecular flexibility index (Phi) is 4.72. The van der Waals surface area contributed by atoms with Crippen LogP contribution in [0.1, 0.15) is 0 Å². The summed E-state index contributed by atoms with van der Waals surface area (Å²) in [5.74, 6) is 0.0601. The fraction of sp³-hybridized carbons (Fsp3) is 0.0556. The summed E-state index contributed by atoms with van der Waals surface area (Å²) in [6.45, 7) is 0. The normalized spacial score (nSPS) is 11.2. The molecule has 8 heteroatoms. The second kappa shape index (κ2) is 7.15. The second-order valence-electron chi connectivity index (χ2n) is 5.55. The van der Waals surface area contributed by atoms with Gasteiger partial charge < -0.3 is 5.32 Å². The molecule has 1 amide bonds. The van der Waals surface area contributed by atoms with Gasteiger partial charge in [-0.2, -0.15) is 0 Å². The number of nitrogens with one attached hydrogen (secondary N) is 1. The van der Waals surface area contributed by atoms with E-state index in [2.05, 4.69) is 15.5 Å². The van der Waals surface area contributed by atoms with Gasteiger partial charge in [-0.3, -0.25) is 9.20 Å². The van der Waals surface area contributed by atoms with Crippen LogP contribution in [-0.2, 0) is 4.79 Å². The molecule has 0 spiro atoms. The number of halogens is 2. The van der Waals surface area contributed by atoms with E-state index in [4.69, 9.17) is 23.2 Å². The molecule has 0 atom stereocenters. The van der Waals surface area contributed by atoms with Crippen molar-refractivity contribution in [3.05, 3.63) is 64.8 Å². The van der Waals surface area contributed by atoms with Crippen LogP contribution in [0.3, 0.4) is 0 Å². The van der Waals surface area contributed by atoms with Crippen LogP contribution < -0.4 is 5.32 Å². The Morgan fingerprint density at radius 3 is 2.81 bits per heavy atom. The molecule has 2 aromatic heterocycles. The number of hydrogen-bond donors (Lipinski definition) is 1. The van der Waals surface area contributed by atoms with Crippen LogP contribution >= 0.6 is 35.0 Å². The van der Waals surface area contributed by atoms with E-state index < -0.39 is 0 Å². The highest BCUT2D eigenvalue weighted by atomic mass is 35.5. The van der Waals surface area contributed by atoms with Gasteiger partial charge in [0.1, 0.15) is 0 Å². The first-order chi connectivity index (χ1) is 12.6. The fourth-order valence-corrected chi connectivity index (χ4v) is 3.87. The molecule has 0 unspecified atom stereocenters. The maximum atomic E-state index is 12.4. The molecule has 0 fully saturated rings. The van der Waals surface area contributed by atoms with E-state index in [1.807, 2.05) is 42.5 Å². The number of pyridine rings is 1. The fourth-order valence-electron chi connectivity index (χ4n) is 2.65. The lowest BCUT2D eigenvalue weighted by Crippen LogP contribution is -2.14. The summed E-state index contributed by atoms with van der Waals surface area (Å²) in [6, 6.07) is 15.3. The molecule has 5 nitrogen and oxygen atoms in total. The van der Waals surface area contributed by atoms with Crippen LogP contribution in [0, 0.1) is 0 Å². The Bertz CT molecular complexity index is 1120. The molecule has 0 saturated carbocycles. The largest absolute Gasteiger partial charge is 0.325 e. The lowest BCUT2D eigenvalue weighted by molar-refractivity contribution is -0.113. The minimum Gasteiger partial charge on any atom is -0.325 e. The maximum Gasteiger partial charge on any atom is 0.234 e. The van der Waals surface area contributed by atoms with Crippen molar-refractivity contribution >= 4 is 63.0 Å². The molecule has 0 bridgehead atoms. The summed E-state index contributed by atoms with van der Waals surface area (Å²) in [4.78, 5) is 12.4. The molecule has 1 N–H and O–H groups in total. The minimum absolute atomic E-state index is 0.128. The number of nitrogens with zero attached hydrogens (tertiary/aromatic N) is 3. The number of aromatic nitrogens is 3. The first-order valence-corrected chi connectivity index (χ1v) is 9.46. The molecular formula is C18H12Cl2N4OS. The first kappa shape index (κ1) is 17.1. The van der Waals surface area contributed by atoms with E-state index in [9.17, 15) is 4.79 Å². The number of hydrogen-bond acceptors (Lipinski definition) is 4. The van der Waals surface area contributed by atoms with Gasteiger partial charge in [0.2, 0.25) is 5.91 Å². The number of carbonyl (C=O) groups excluding carboxylic acids is 1. The van der Waals surface area contributed by atoms with E-state index >= 15 is 0 Å². The Morgan fingerprint density at radius 1 is 1.12 bits per heavy atom. The molecule has 0 aliphatic heterocycles. The molecule has 0 radical (unpaired) electrons. The number of fused-ring (bicyclic) bond motifs is 2. The van der Waals surface area contributed by atoms with Crippen LogP contribution in [0.5, 0.6) is 0 Å². The molecular weight excluding hydrogens is 391 g/mol. The van der Waals surface area contributed by atoms with Gasteiger partial charge in [0.15, 0.2) is 10.8 Å². The van der Waals surface area contributed by atoms with Crippen LogP contribution in [0.4, 0.5) is 5.69 Å². The van der Waals surface area contributed by atoms with Crippen molar-refractivity contribution in [3.63, 3.8) is 0 Å². The zero-order chi connectivity index (χ0) is 18.1. The standard InChI is InChI=1S/C18H12Cl2N4OS/c19-12-8-14(20)17-22-23-18(24(17)9-12)26-10-16(25)21-15-7-3-5-11-4-1-2-6-13(11)15/h1-9H,10H2,(H,21,25). The maximum absolute atomic E-state index is 12.4. The summed E-state index contributed by atoms with van der Waals surface area (Å²) in [6.07, 6.45) is 1.67. The Morgan fingerprint density at radius 2 is 1.92 bits per heavy atom. The highest BCUT2D eigenvalue weighted by molar-refractivity contribution is 7.99. The highest BCUT2D eigenvalue weighted by Gasteiger charge is 2.13. The van der Waals surface area contributed by atoms with Gasteiger partial charge in [0.05, 0.1) is 15.8 Å². The number of benzene rings is 2. The SMILES string of the molecule is O=C(CSc1nnc2c(Cl)cc(Cl)cn12)Nc1cccc2ccccc12. The van der Waals surface area contributed by atoms with Crippen molar-refractivity contribution in [2.24, 2.45) is 0 Å². The number of thioether (sulfide) groups is 1. The van der Waals surface area contributed by atoms with E-state index in [0.717, 1.165) is 16.5 Å². The van der Waals surface area contributed by atoms with Crippen molar-refractivity contribution in [2.45, 2.75) is 5.16 Å². The molecule has 0 aliphatic rings. The molecule has 2 aromatic carbocycles. The predicted octanol–water partition coefficient (Wildman–Crippen LogP) is 4.92. The van der Waals surface area contributed by atoms with Gasteiger partial charge in [0, 0.05) is 17.3 Å². The average molecular weight is 403 g/mol. The van der Waals surface area contributed by atoms with Gasteiger partial charge in [-0.1, -0.05) is 71.4 Å². The first-order valence-electron chi connectivity index (χ1n) is 7.72. The Hall–Kier alpha value is -2.28. The van der Waals surface area contributed by atoms with Crippen molar-refractivity contribution < 1.29 is 4.79 Å². The summed E-state index contributed by atoms with van der Waals surface area (Å²) in [5.41, 5.74) is 1.29. The Balaban J connectivity index is 1.51. The monoisotopic (exact) mass is 402 g/mol. The lowest BCUT2D eigenvalue weighted by atomic mass is 10.1. The number of rotatable bonds is 4. The third kappa shape index (κ3) is 3.35. The molecule has 4 aromatic rings. The molecule has 4 rings (SSSR count). The lowest BCUT2D eigenvalue weighted by Gasteiger charge is -2.08. The van der Waals surface area contributed by atoms with Crippen molar-refractivity contribution in [2.75, 3.05) is 11.1 Å². The van der Waals surface area contributed by atoms with Crippen LogP contribution in [0.15, 0.2) is 59.9 Å². The van der Waals surface area contributed by atoms with Crippen LogP contribution in [0.2, 0.25) is 10.0 Å². The third-order valence-electron chi connectivity index (χ3n) is 3.79. The summed E-state index contributed by atoms with van der Waals surface area (Å²) in [7, 11) is 0. The van der Waals surface area contributed by atoms with Gasteiger partial charge in [-0.05, 0) is 17.5 Å². The predicted molar refractivity (Wildman–Crippen MR) is 106 cm³/mol. The van der Waals surface area contributed by atoms with Crippen LogP contribution in [0.25, 0.3) is 16.4 Å². The van der Waals surface area contributed by atoms with E-state index in [1.165, 1.54) is 11.8 Å². The van der Waals surface area contributed by atoms with Crippen molar-refractivity contribution in [1.29, 1.82) is 0 Å². The number of amides is 1. The molecule has 26 heavy (non-hydrogen) atoms. The van der Waals surface area contributed by atoms with Gasteiger partial charge in [0.25, 0.3) is 0 Å². The quantitative estimate of drug-likeness (QED) is 0.492. The van der Waals surface area contributed by atoms with E-state index in [-0.39, 0.29) is 11.7 Å². The number of carbonyl (C=O) groups is 1. The second-order valence-corrected chi connectivity index (χ2v) is 7.33. The molecule has 0 aliphatic carbocycles. The minimum atomic E-state index is -0.128. The smallest absolute Gasteiger partial charge is 0.234 e. The van der Waals surface area contributed by atoms with Gasteiger partial charge in [-0.25, -0.2) is 0 Å². The average Bonchev–Trinajstić information content (AvgIpc) is 3.03. The van der Waals surface area contributed by atoms with Gasteiger partial charge in [-0.15, -0.1) is 10.2 Å². The topological polar surface area (TPSA) is 59.3 Å². The molecule has 2 heterocycles. The molecule has 0 saturated heterocycles. The summed E-state index contributed by atoms with van der Waals surface area (Å²) < 4.78 is 1.68. The van der Waals surface area contributed by atoms with E-state index in [0.29, 0.717) is 20.8 Å². The van der Waals surface area contributed by atoms with E-state index in [1.54, 1.807) is 16.7 Å². The zero-order valence-electron chi connectivity index (χ0n) is 13.3. The molecule has 130 valence electrons.